The molecule has 0 bridgehead atoms. The Labute approximate surface area is 247 Å². The van der Waals surface area contributed by atoms with E-state index in [0.717, 1.165) is 13.1 Å². The van der Waals surface area contributed by atoms with Crippen LogP contribution in [0, 0.1) is 29.6 Å². The Balaban J connectivity index is 2.48. The van der Waals surface area contributed by atoms with Crippen LogP contribution in [0.25, 0.3) is 0 Å². The molecule has 10 nitrogen and oxygen atoms in total. The number of ether oxygens (including phenoxy) is 3. The number of nitrogens with zero attached hydrogens (tertiary/aromatic N) is 1. The summed E-state index contributed by atoms with van der Waals surface area (Å²) in [5, 5.41) is 56.2. The molecule has 2 fully saturated rings. The quantitative estimate of drug-likeness (QED) is 0.312. The van der Waals surface area contributed by atoms with Crippen LogP contribution in [-0.4, -0.2) is 110 Å². The first kappa shape index (κ1) is 36.5. The van der Waals surface area contributed by atoms with E-state index in [-0.39, 0.29) is 18.2 Å². The third kappa shape index (κ3) is 8.48. The van der Waals surface area contributed by atoms with Crippen molar-refractivity contribution in [3.63, 3.8) is 0 Å². The third-order valence-electron chi connectivity index (χ3n) is 9.90. The van der Waals surface area contributed by atoms with E-state index in [2.05, 4.69) is 4.90 Å². The average Bonchev–Trinajstić information content (AvgIpc) is 2.93. The fourth-order valence-electron chi connectivity index (χ4n) is 7.01. The zero-order chi connectivity index (χ0) is 31.4. The van der Waals surface area contributed by atoms with E-state index in [1.807, 2.05) is 27.7 Å². The van der Waals surface area contributed by atoms with E-state index in [1.165, 1.54) is 6.92 Å². The molecule has 10 heteroatoms. The molecule has 2 rings (SSSR count). The van der Waals surface area contributed by atoms with Crippen LogP contribution in [-0.2, 0) is 19.0 Å². The number of hydrogen-bond donors (Lipinski definition) is 5. The van der Waals surface area contributed by atoms with Crippen LogP contribution in [0.15, 0.2) is 0 Å². The first-order valence-electron chi connectivity index (χ1n) is 15.7. The summed E-state index contributed by atoms with van der Waals surface area (Å²) in [5.41, 5.74) is -1.66. The summed E-state index contributed by atoms with van der Waals surface area (Å²) in [6.45, 7) is 19.5. The Bertz CT molecular complexity index is 806. The van der Waals surface area contributed by atoms with Crippen LogP contribution in [0.4, 0.5) is 0 Å². The van der Waals surface area contributed by atoms with E-state index >= 15 is 0 Å². The number of carbonyl (C=O) groups is 1. The first-order valence-corrected chi connectivity index (χ1v) is 15.7. The minimum absolute atomic E-state index is 0.00662. The van der Waals surface area contributed by atoms with Gasteiger partial charge < -0.3 is 39.7 Å². The van der Waals surface area contributed by atoms with Gasteiger partial charge in [-0.2, -0.15) is 0 Å². The van der Waals surface area contributed by atoms with Crippen molar-refractivity contribution < 1.29 is 44.5 Å². The molecule has 15 atom stereocenters. The number of aliphatic hydroxyl groups excluding tert-OH is 4. The molecule has 0 saturated carbocycles. The summed E-state index contributed by atoms with van der Waals surface area (Å²) in [6.07, 6.45) is -6.05. The van der Waals surface area contributed by atoms with Gasteiger partial charge >= 0.3 is 0 Å². The molecule has 2 heterocycles. The van der Waals surface area contributed by atoms with Crippen molar-refractivity contribution in [2.24, 2.45) is 29.6 Å². The third-order valence-corrected chi connectivity index (χ3v) is 9.90. The van der Waals surface area contributed by atoms with Crippen molar-refractivity contribution in [3.05, 3.63) is 0 Å². The summed E-state index contributed by atoms with van der Waals surface area (Å²) >= 11 is 0. The summed E-state index contributed by atoms with van der Waals surface area (Å²) in [7, 11) is 0. The summed E-state index contributed by atoms with van der Waals surface area (Å²) in [6, 6.07) is -0.197. The molecular weight excluding hydrogens is 530 g/mol. The van der Waals surface area contributed by atoms with Gasteiger partial charge in [-0.05, 0) is 39.8 Å². The summed E-state index contributed by atoms with van der Waals surface area (Å²) < 4.78 is 18.7. The second kappa shape index (κ2) is 15.3. The maximum Gasteiger partial charge on any atom is 0.160 e. The number of ketones is 1. The Morgan fingerprint density at radius 1 is 0.902 bits per heavy atom. The molecule has 0 spiro atoms. The van der Waals surface area contributed by atoms with Crippen LogP contribution in [0.1, 0.15) is 88.5 Å². The molecule has 0 aromatic carbocycles. The molecule has 3 unspecified atom stereocenters. The van der Waals surface area contributed by atoms with Crippen molar-refractivity contribution in [1.82, 2.24) is 4.90 Å². The fraction of sp³-hybridized carbons (Fsp3) is 0.968. The lowest BCUT2D eigenvalue weighted by molar-refractivity contribution is -0.286. The van der Waals surface area contributed by atoms with Crippen molar-refractivity contribution in [3.8, 4) is 0 Å². The molecule has 0 aliphatic carbocycles. The highest BCUT2D eigenvalue weighted by molar-refractivity contribution is 5.83. The Kier molecular flexibility index (Phi) is 13.7. The van der Waals surface area contributed by atoms with E-state index in [0.29, 0.717) is 12.8 Å². The van der Waals surface area contributed by atoms with Gasteiger partial charge in [-0.1, -0.05) is 55.4 Å². The molecule has 0 aromatic rings. The number of likely N-dealkylation sites (N-methyl/N-ethyl adjacent to an activating group) is 1. The van der Waals surface area contributed by atoms with Gasteiger partial charge in [0, 0.05) is 42.1 Å². The maximum absolute atomic E-state index is 13.3. The predicted octanol–water partition coefficient (Wildman–Crippen LogP) is 2.32. The van der Waals surface area contributed by atoms with Gasteiger partial charge in [-0.3, -0.25) is 9.69 Å². The van der Waals surface area contributed by atoms with Gasteiger partial charge in [-0.25, -0.2) is 0 Å². The topological polar surface area (TPSA) is 149 Å². The molecular formula is C31H59NO9. The number of Topliss-reactive ketones (excluding diaryl/α,β-unsaturated/α-hetero) is 1. The Hall–Kier alpha value is -0.690. The highest BCUT2D eigenvalue weighted by Gasteiger charge is 2.47. The van der Waals surface area contributed by atoms with E-state index < -0.39 is 84.4 Å². The van der Waals surface area contributed by atoms with Gasteiger partial charge in [0.25, 0.3) is 0 Å². The Morgan fingerprint density at radius 3 is 2.02 bits per heavy atom. The molecule has 2 aliphatic rings. The maximum atomic E-state index is 13.3. The van der Waals surface area contributed by atoms with E-state index in [4.69, 9.17) is 14.2 Å². The minimum atomic E-state index is -1.66. The lowest BCUT2D eigenvalue weighted by atomic mass is 9.75. The van der Waals surface area contributed by atoms with Crippen molar-refractivity contribution in [2.75, 3.05) is 13.1 Å². The smallest absolute Gasteiger partial charge is 0.160 e. The van der Waals surface area contributed by atoms with Gasteiger partial charge in [0.05, 0.1) is 42.2 Å². The fourth-order valence-corrected chi connectivity index (χ4v) is 7.01. The van der Waals surface area contributed by atoms with Crippen LogP contribution in [0.5, 0.6) is 0 Å². The largest absolute Gasteiger partial charge is 0.392 e. The molecule has 242 valence electrons. The lowest BCUT2D eigenvalue weighted by Crippen LogP contribution is -2.57. The molecule has 0 radical (unpaired) electrons. The van der Waals surface area contributed by atoms with Gasteiger partial charge in [0.15, 0.2) is 12.6 Å². The second-order valence-corrected chi connectivity index (χ2v) is 13.0. The molecule has 0 amide bonds. The predicted molar refractivity (Wildman–Crippen MR) is 156 cm³/mol. The van der Waals surface area contributed by atoms with Crippen LogP contribution in [0.2, 0.25) is 0 Å². The SMILES string of the molecule is CC[C@H]1OC(O)[C@H](C)[C@@H](O[C@H]2CC(N(CC)CC)[C@H](O)C(C)O2)[C@H](C)[C@@H](O)[C@](C)(O)C[C@@H](C)C(=O)[C@H](C)[C@@H](O)[C@H]1C. The van der Waals surface area contributed by atoms with Crippen molar-refractivity contribution in [2.45, 2.75) is 149 Å². The van der Waals surface area contributed by atoms with Crippen LogP contribution in [0.3, 0.4) is 0 Å². The van der Waals surface area contributed by atoms with Gasteiger partial charge in [0.2, 0.25) is 0 Å². The zero-order valence-corrected chi connectivity index (χ0v) is 26.9. The Morgan fingerprint density at radius 2 is 1.49 bits per heavy atom. The van der Waals surface area contributed by atoms with Gasteiger partial charge in [0.1, 0.15) is 5.78 Å². The standard InChI is InChI=1S/C31H59NO9/c1-11-23-17(5)26(34)18(6)25(33)16(4)15-31(10,38)29(36)19(7)28(20(8)30(37)40-23)41-24-14-22(32(12-2)13-3)27(35)21(9)39-24/h16-24,26-30,34-38H,11-15H2,1-10H3/t16-,17+,18+,19+,20-,21?,22?,23-,24+,26+,27-,28+,29-,30?,31-/m1/s1. The highest BCUT2D eigenvalue weighted by Crippen LogP contribution is 2.37. The molecule has 2 saturated heterocycles. The van der Waals surface area contributed by atoms with E-state index in [9.17, 15) is 30.3 Å². The monoisotopic (exact) mass is 589 g/mol. The number of aliphatic hydroxyl groups is 5. The van der Waals surface area contributed by atoms with Crippen molar-refractivity contribution >= 4 is 5.78 Å². The number of rotatable bonds is 6. The second-order valence-electron chi connectivity index (χ2n) is 13.0. The molecule has 5 N–H and O–H groups in total. The van der Waals surface area contributed by atoms with Gasteiger partial charge in [-0.15, -0.1) is 0 Å². The first-order chi connectivity index (χ1) is 19.0. The van der Waals surface area contributed by atoms with Crippen molar-refractivity contribution in [1.29, 1.82) is 0 Å². The number of carbonyl (C=O) groups excluding carboxylic acids is 1. The zero-order valence-electron chi connectivity index (χ0n) is 26.9. The molecule has 0 aromatic heterocycles. The summed E-state index contributed by atoms with van der Waals surface area (Å²) in [5.74, 6) is -3.33. The normalized spacial score (nSPS) is 47.8. The highest BCUT2D eigenvalue weighted by atomic mass is 16.7. The lowest BCUT2D eigenvalue weighted by Gasteiger charge is -2.46. The summed E-state index contributed by atoms with van der Waals surface area (Å²) in [4.78, 5) is 15.4. The average molecular weight is 590 g/mol. The minimum Gasteiger partial charge on any atom is -0.392 e. The van der Waals surface area contributed by atoms with E-state index in [1.54, 1.807) is 34.6 Å². The van der Waals surface area contributed by atoms with Crippen LogP contribution < -0.4 is 0 Å². The molecule has 41 heavy (non-hydrogen) atoms. The molecule has 2 aliphatic heterocycles. The van der Waals surface area contributed by atoms with Crippen LogP contribution >= 0.6 is 0 Å². The number of hydrogen-bond acceptors (Lipinski definition) is 10.